The van der Waals surface area contributed by atoms with Crippen molar-refractivity contribution in [1.29, 1.82) is 0 Å². The maximum Gasteiger partial charge on any atom is 0.325 e. The Morgan fingerprint density at radius 2 is 1.96 bits per heavy atom. The SMILES string of the molecule is CC(C)(C)C1CCC2(CC1)NC(=O)N(CC(=O)NCc1cccc(Cl)c1)C2=O. The third kappa shape index (κ3) is 4.32. The summed E-state index contributed by atoms with van der Waals surface area (Å²) < 4.78 is 0. The minimum Gasteiger partial charge on any atom is -0.350 e. The standard InChI is InChI=1S/C21H28ClN3O3/c1-20(2,3)15-7-9-21(10-8-15)18(27)25(19(28)24-21)13-17(26)23-12-14-5-4-6-16(22)11-14/h4-6,11,15H,7-10,12-13H2,1-3H3,(H,23,26)(H,24,28). The Balaban J connectivity index is 1.57. The molecule has 1 aliphatic carbocycles. The molecule has 6 nitrogen and oxygen atoms in total. The molecule has 0 aromatic heterocycles. The molecule has 0 atom stereocenters. The van der Waals surface area contributed by atoms with Crippen LogP contribution in [0.4, 0.5) is 4.79 Å². The summed E-state index contributed by atoms with van der Waals surface area (Å²) in [5, 5.41) is 6.20. The second-order valence-electron chi connectivity index (χ2n) is 8.95. The second kappa shape index (κ2) is 7.74. The van der Waals surface area contributed by atoms with Crippen molar-refractivity contribution in [3.63, 3.8) is 0 Å². The van der Waals surface area contributed by atoms with Crippen molar-refractivity contribution in [2.45, 2.75) is 58.5 Å². The zero-order valence-corrected chi connectivity index (χ0v) is 17.4. The lowest BCUT2D eigenvalue weighted by molar-refractivity contribution is -0.136. The van der Waals surface area contributed by atoms with E-state index in [0.29, 0.717) is 30.3 Å². The van der Waals surface area contributed by atoms with E-state index in [1.807, 2.05) is 6.07 Å². The van der Waals surface area contributed by atoms with E-state index in [-0.39, 0.29) is 23.8 Å². The van der Waals surface area contributed by atoms with Crippen LogP contribution in [0.25, 0.3) is 0 Å². The van der Waals surface area contributed by atoms with Gasteiger partial charge < -0.3 is 10.6 Å². The van der Waals surface area contributed by atoms with Crippen molar-refractivity contribution < 1.29 is 14.4 Å². The number of benzene rings is 1. The first kappa shape index (κ1) is 20.6. The predicted molar refractivity (Wildman–Crippen MR) is 108 cm³/mol. The van der Waals surface area contributed by atoms with E-state index >= 15 is 0 Å². The number of rotatable bonds is 4. The van der Waals surface area contributed by atoms with Crippen LogP contribution in [0.2, 0.25) is 5.02 Å². The minimum atomic E-state index is -0.841. The van der Waals surface area contributed by atoms with Crippen molar-refractivity contribution in [1.82, 2.24) is 15.5 Å². The first-order chi connectivity index (χ1) is 13.1. The molecule has 2 aliphatic rings. The summed E-state index contributed by atoms with van der Waals surface area (Å²) >= 11 is 5.94. The topological polar surface area (TPSA) is 78.5 Å². The van der Waals surface area contributed by atoms with Gasteiger partial charge in [0.15, 0.2) is 0 Å². The van der Waals surface area contributed by atoms with Crippen LogP contribution in [0.3, 0.4) is 0 Å². The molecule has 7 heteroatoms. The van der Waals surface area contributed by atoms with Crippen molar-refractivity contribution in [2.75, 3.05) is 6.54 Å². The molecular formula is C21H28ClN3O3. The number of halogens is 1. The smallest absolute Gasteiger partial charge is 0.325 e. The Labute approximate surface area is 171 Å². The van der Waals surface area contributed by atoms with Crippen LogP contribution >= 0.6 is 11.6 Å². The van der Waals surface area contributed by atoms with E-state index in [9.17, 15) is 14.4 Å². The first-order valence-electron chi connectivity index (χ1n) is 9.76. The number of carbonyl (C=O) groups excluding carboxylic acids is 3. The van der Waals surface area contributed by atoms with Gasteiger partial charge in [0.25, 0.3) is 5.91 Å². The van der Waals surface area contributed by atoms with Gasteiger partial charge in [0.2, 0.25) is 5.91 Å². The Kier molecular flexibility index (Phi) is 5.71. The minimum absolute atomic E-state index is 0.188. The number of hydrogen-bond acceptors (Lipinski definition) is 3. The summed E-state index contributed by atoms with van der Waals surface area (Å²) in [6, 6.07) is 6.70. The summed E-state index contributed by atoms with van der Waals surface area (Å²) in [6.45, 7) is 6.65. The Bertz CT molecular complexity index is 779. The highest BCUT2D eigenvalue weighted by Gasteiger charge is 2.53. The largest absolute Gasteiger partial charge is 0.350 e. The number of amides is 4. The van der Waals surface area contributed by atoms with Gasteiger partial charge in [-0.1, -0.05) is 44.5 Å². The summed E-state index contributed by atoms with van der Waals surface area (Å²) in [6.07, 6.45) is 3.04. The van der Waals surface area contributed by atoms with E-state index < -0.39 is 11.6 Å². The lowest BCUT2D eigenvalue weighted by atomic mass is 9.67. The van der Waals surface area contributed by atoms with Crippen LogP contribution in [0.15, 0.2) is 24.3 Å². The van der Waals surface area contributed by atoms with Gasteiger partial charge in [-0.3, -0.25) is 14.5 Å². The molecule has 3 rings (SSSR count). The quantitative estimate of drug-likeness (QED) is 0.752. The molecule has 0 unspecified atom stereocenters. The van der Waals surface area contributed by atoms with Gasteiger partial charge in [0.05, 0.1) is 0 Å². The van der Waals surface area contributed by atoms with Gasteiger partial charge >= 0.3 is 6.03 Å². The fraction of sp³-hybridized carbons (Fsp3) is 0.571. The van der Waals surface area contributed by atoms with Gasteiger partial charge in [-0.05, 0) is 54.7 Å². The van der Waals surface area contributed by atoms with Crippen LogP contribution in [0.1, 0.15) is 52.0 Å². The lowest BCUT2D eigenvalue weighted by Gasteiger charge is -2.40. The highest BCUT2D eigenvalue weighted by atomic mass is 35.5. The summed E-state index contributed by atoms with van der Waals surface area (Å²) in [7, 11) is 0. The van der Waals surface area contributed by atoms with E-state index in [1.54, 1.807) is 18.2 Å². The number of imide groups is 1. The first-order valence-corrected chi connectivity index (χ1v) is 10.1. The molecule has 1 aromatic rings. The number of hydrogen-bond donors (Lipinski definition) is 2. The number of nitrogens with zero attached hydrogens (tertiary/aromatic N) is 1. The fourth-order valence-electron chi connectivity index (χ4n) is 4.18. The molecule has 4 amide bonds. The number of carbonyl (C=O) groups is 3. The average Bonchev–Trinajstić information content (AvgIpc) is 2.84. The van der Waals surface area contributed by atoms with Gasteiger partial charge in [-0.15, -0.1) is 0 Å². The van der Waals surface area contributed by atoms with Crippen molar-refractivity contribution in [3.05, 3.63) is 34.9 Å². The molecule has 0 bridgehead atoms. The molecule has 2 N–H and O–H groups in total. The van der Waals surface area contributed by atoms with Crippen LogP contribution < -0.4 is 10.6 Å². The maximum absolute atomic E-state index is 12.9. The van der Waals surface area contributed by atoms with Gasteiger partial charge in [-0.25, -0.2) is 4.79 Å². The van der Waals surface area contributed by atoms with E-state index in [2.05, 4.69) is 31.4 Å². The van der Waals surface area contributed by atoms with E-state index in [4.69, 9.17) is 11.6 Å². The zero-order chi connectivity index (χ0) is 20.5. The van der Waals surface area contributed by atoms with Gasteiger partial charge in [0.1, 0.15) is 12.1 Å². The molecule has 1 spiro atoms. The number of nitrogens with one attached hydrogen (secondary N) is 2. The molecule has 1 aromatic carbocycles. The average molecular weight is 406 g/mol. The Morgan fingerprint density at radius 1 is 1.29 bits per heavy atom. The third-order valence-electron chi connectivity index (χ3n) is 5.99. The maximum atomic E-state index is 12.9. The molecule has 1 aliphatic heterocycles. The molecule has 1 heterocycles. The molecule has 28 heavy (non-hydrogen) atoms. The van der Waals surface area contributed by atoms with Crippen LogP contribution in [0, 0.1) is 11.3 Å². The van der Waals surface area contributed by atoms with Crippen molar-refractivity contribution in [2.24, 2.45) is 11.3 Å². The monoisotopic (exact) mass is 405 g/mol. The highest BCUT2D eigenvalue weighted by molar-refractivity contribution is 6.30. The summed E-state index contributed by atoms with van der Waals surface area (Å²) in [4.78, 5) is 38.7. The third-order valence-corrected chi connectivity index (χ3v) is 6.23. The number of urea groups is 1. The van der Waals surface area contributed by atoms with Gasteiger partial charge in [-0.2, -0.15) is 0 Å². The van der Waals surface area contributed by atoms with Crippen LogP contribution in [-0.4, -0.2) is 34.8 Å². The molecule has 1 saturated carbocycles. The van der Waals surface area contributed by atoms with Crippen molar-refractivity contribution >= 4 is 29.4 Å². The lowest BCUT2D eigenvalue weighted by Crippen LogP contribution is -2.51. The van der Waals surface area contributed by atoms with E-state index in [1.165, 1.54) is 0 Å². The van der Waals surface area contributed by atoms with E-state index in [0.717, 1.165) is 23.3 Å². The fourth-order valence-corrected chi connectivity index (χ4v) is 4.40. The molecule has 152 valence electrons. The predicted octanol–water partition coefficient (Wildman–Crippen LogP) is 3.48. The van der Waals surface area contributed by atoms with Crippen LogP contribution in [-0.2, 0) is 16.1 Å². The zero-order valence-electron chi connectivity index (χ0n) is 16.7. The molecule has 0 radical (unpaired) electrons. The highest BCUT2D eigenvalue weighted by Crippen LogP contribution is 2.43. The summed E-state index contributed by atoms with van der Waals surface area (Å²) in [5.74, 6) is -0.121. The van der Waals surface area contributed by atoms with Crippen LogP contribution in [0.5, 0.6) is 0 Å². The summed E-state index contributed by atoms with van der Waals surface area (Å²) in [5.41, 5.74) is 0.203. The molecular weight excluding hydrogens is 378 g/mol. The Morgan fingerprint density at radius 3 is 2.57 bits per heavy atom. The normalized spacial score (nSPS) is 25.1. The van der Waals surface area contributed by atoms with Gasteiger partial charge in [0, 0.05) is 11.6 Å². The molecule has 2 fully saturated rings. The second-order valence-corrected chi connectivity index (χ2v) is 9.39. The molecule has 1 saturated heterocycles. The Hall–Kier alpha value is -2.08. The van der Waals surface area contributed by atoms with Crippen molar-refractivity contribution in [3.8, 4) is 0 Å².